The van der Waals surface area contributed by atoms with Crippen molar-refractivity contribution in [2.24, 2.45) is 0 Å². The normalized spacial score (nSPS) is 14.4. The van der Waals surface area contributed by atoms with Gasteiger partial charge in [-0.25, -0.2) is 9.37 Å². The van der Waals surface area contributed by atoms with E-state index in [1.54, 1.807) is 37.7 Å². The number of hydrogen-bond donors (Lipinski definition) is 5. The van der Waals surface area contributed by atoms with E-state index in [-0.39, 0.29) is 24.4 Å². The van der Waals surface area contributed by atoms with E-state index >= 15 is 4.39 Å². The van der Waals surface area contributed by atoms with Crippen LogP contribution in [0.1, 0.15) is 24.0 Å². The number of benzene rings is 2. The van der Waals surface area contributed by atoms with E-state index in [9.17, 15) is 4.79 Å². The molecule has 9 nitrogen and oxygen atoms in total. The Labute approximate surface area is 277 Å². The van der Waals surface area contributed by atoms with Gasteiger partial charge in [-0.2, -0.15) is 0 Å². The number of aliphatic hydroxyl groups excluding tert-OH is 1. The van der Waals surface area contributed by atoms with Crippen molar-refractivity contribution in [3.05, 3.63) is 87.9 Å². The number of nitrogens with zero attached hydrogens (tertiary/aromatic N) is 2. The molecule has 0 bridgehead atoms. The summed E-state index contributed by atoms with van der Waals surface area (Å²) in [6.07, 6.45) is 5.86. The maximum absolute atomic E-state index is 15.3. The minimum Gasteiger partial charge on any atom is -0.496 e. The third kappa shape index (κ3) is 8.12. The standard InChI is InChI=1S/C34H37Cl2FN6O3/c1-46-28-19-23(6-5-21(28)9-14-39-20-24-7-8-29(45)42-24)33-31(36)26(12-16-40-33)25-3-2-4-27(30(25)35)43-34-32(37)22(11-15-41-34)10-13-38-17-18-44/h2-6,11-12,15-16,19,24,38-39,44H,7-10,13-14,17-18,20H2,1H3,(H,41,43)(H,42,45). The minimum atomic E-state index is -0.463. The van der Waals surface area contributed by atoms with Gasteiger partial charge in [-0.05, 0) is 67.7 Å². The number of nitrogens with one attached hydrogen (secondary N) is 4. The van der Waals surface area contributed by atoms with Gasteiger partial charge in [0.05, 0.1) is 35.1 Å². The largest absolute Gasteiger partial charge is 0.496 e. The van der Waals surface area contributed by atoms with Crippen LogP contribution in [0.25, 0.3) is 22.4 Å². The summed E-state index contributed by atoms with van der Waals surface area (Å²) < 4.78 is 21.0. The molecule has 2 aromatic heterocycles. The Balaban J connectivity index is 1.32. The molecule has 242 valence electrons. The van der Waals surface area contributed by atoms with Crippen LogP contribution in [0.5, 0.6) is 5.75 Å². The van der Waals surface area contributed by atoms with Gasteiger partial charge >= 0.3 is 0 Å². The topological polar surface area (TPSA) is 120 Å². The van der Waals surface area contributed by atoms with Crippen LogP contribution in [0.15, 0.2) is 60.9 Å². The second kappa shape index (κ2) is 16.2. The first-order valence-corrected chi connectivity index (χ1v) is 16.0. The molecule has 1 fully saturated rings. The van der Waals surface area contributed by atoms with Crippen LogP contribution >= 0.6 is 23.2 Å². The first kappa shape index (κ1) is 33.6. The number of rotatable bonds is 15. The number of aliphatic hydroxyl groups is 1. The molecule has 5 N–H and O–H groups in total. The van der Waals surface area contributed by atoms with Gasteiger partial charge < -0.3 is 31.1 Å². The van der Waals surface area contributed by atoms with Crippen molar-refractivity contribution in [2.75, 3.05) is 45.2 Å². The quantitative estimate of drug-likeness (QED) is 0.105. The smallest absolute Gasteiger partial charge is 0.220 e. The van der Waals surface area contributed by atoms with Crippen LogP contribution in [-0.2, 0) is 17.6 Å². The lowest BCUT2D eigenvalue weighted by molar-refractivity contribution is -0.119. The Morgan fingerprint density at radius 2 is 1.76 bits per heavy atom. The van der Waals surface area contributed by atoms with E-state index in [2.05, 4.69) is 31.2 Å². The first-order chi connectivity index (χ1) is 22.4. The molecule has 4 aromatic rings. The summed E-state index contributed by atoms with van der Waals surface area (Å²) in [5.41, 5.74) is 4.69. The highest BCUT2D eigenvalue weighted by molar-refractivity contribution is 6.39. The van der Waals surface area contributed by atoms with Crippen molar-refractivity contribution in [3.63, 3.8) is 0 Å². The van der Waals surface area contributed by atoms with Crippen LogP contribution < -0.4 is 26.0 Å². The van der Waals surface area contributed by atoms with Gasteiger partial charge in [-0.15, -0.1) is 0 Å². The summed E-state index contributed by atoms with van der Waals surface area (Å²) in [7, 11) is 1.63. The van der Waals surface area contributed by atoms with E-state index in [1.165, 1.54) is 0 Å². The van der Waals surface area contributed by atoms with Gasteiger partial charge in [0.2, 0.25) is 5.91 Å². The van der Waals surface area contributed by atoms with E-state index < -0.39 is 5.82 Å². The van der Waals surface area contributed by atoms with Gasteiger partial charge in [-0.1, -0.05) is 47.5 Å². The molecule has 0 spiro atoms. The highest BCUT2D eigenvalue weighted by atomic mass is 35.5. The van der Waals surface area contributed by atoms with Crippen molar-refractivity contribution < 1.29 is 19.0 Å². The van der Waals surface area contributed by atoms with E-state index in [0.29, 0.717) is 64.0 Å². The van der Waals surface area contributed by atoms with Gasteiger partial charge in [0.25, 0.3) is 0 Å². The first-order valence-electron chi connectivity index (χ1n) is 15.2. The maximum Gasteiger partial charge on any atom is 0.220 e. The number of carbonyl (C=O) groups excluding carboxylic acids is 1. The van der Waals surface area contributed by atoms with Crippen molar-refractivity contribution in [2.45, 2.75) is 31.7 Å². The van der Waals surface area contributed by atoms with Crippen molar-refractivity contribution in [3.8, 4) is 28.1 Å². The number of anilines is 2. The Hall–Kier alpha value is -3.80. The third-order valence-corrected chi connectivity index (χ3v) is 8.66. The maximum atomic E-state index is 15.3. The van der Waals surface area contributed by atoms with E-state index in [1.807, 2.05) is 30.3 Å². The van der Waals surface area contributed by atoms with Gasteiger partial charge in [0.1, 0.15) is 5.75 Å². The monoisotopic (exact) mass is 666 g/mol. The van der Waals surface area contributed by atoms with Crippen LogP contribution in [0.3, 0.4) is 0 Å². The molecular formula is C34H37Cl2FN6O3. The molecule has 1 aliphatic heterocycles. The van der Waals surface area contributed by atoms with Crippen molar-refractivity contribution >= 4 is 40.6 Å². The Kier molecular flexibility index (Phi) is 11.8. The lowest BCUT2D eigenvalue weighted by Crippen LogP contribution is -2.36. The predicted octanol–water partition coefficient (Wildman–Crippen LogP) is 5.54. The van der Waals surface area contributed by atoms with Gasteiger partial charge in [-0.3, -0.25) is 9.78 Å². The third-order valence-electron chi connectivity index (χ3n) is 7.87. The zero-order chi connectivity index (χ0) is 32.5. The van der Waals surface area contributed by atoms with Gasteiger partial charge in [0.15, 0.2) is 11.6 Å². The SMILES string of the molecule is COc1cc(-c2nccc(-c3cccc(Nc4nccc(CCNCCO)c4F)c3Cl)c2Cl)ccc1CCNCC1CCC(=O)N1. The summed E-state index contributed by atoms with van der Waals surface area (Å²) in [6.45, 7) is 2.46. The number of aromatic nitrogens is 2. The van der Waals surface area contributed by atoms with E-state index in [0.717, 1.165) is 42.8 Å². The Bertz CT molecular complexity index is 1670. The lowest BCUT2D eigenvalue weighted by atomic mass is 10.0. The van der Waals surface area contributed by atoms with Crippen molar-refractivity contribution in [1.82, 2.24) is 25.9 Å². The van der Waals surface area contributed by atoms with E-state index in [4.69, 9.17) is 33.0 Å². The number of amides is 1. The summed E-state index contributed by atoms with van der Waals surface area (Å²) >= 11 is 13.9. The second-order valence-corrected chi connectivity index (χ2v) is 11.7. The number of methoxy groups -OCH3 is 1. The number of halogens is 3. The highest BCUT2D eigenvalue weighted by Gasteiger charge is 2.20. The number of ether oxygens (including phenoxy) is 1. The van der Waals surface area contributed by atoms with Gasteiger partial charge in [0, 0.05) is 54.6 Å². The lowest BCUT2D eigenvalue weighted by Gasteiger charge is -2.16. The van der Waals surface area contributed by atoms with Crippen LogP contribution in [0.2, 0.25) is 10.0 Å². The molecule has 1 atom stereocenters. The number of pyridine rings is 2. The average molecular weight is 668 g/mol. The highest BCUT2D eigenvalue weighted by Crippen LogP contribution is 2.41. The molecule has 2 aromatic carbocycles. The zero-order valence-corrected chi connectivity index (χ0v) is 27.0. The minimum absolute atomic E-state index is 0.0205. The molecule has 12 heteroatoms. The summed E-state index contributed by atoms with van der Waals surface area (Å²) in [4.78, 5) is 20.2. The fourth-order valence-corrected chi connectivity index (χ4v) is 6.03. The molecule has 1 unspecified atom stereocenters. The molecule has 1 saturated heterocycles. The molecule has 0 aliphatic carbocycles. The molecule has 46 heavy (non-hydrogen) atoms. The van der Waals surface area contributed by atoms with Crippen LogP contribution in [-0.4, -0.2) is 66.9 Å². The fraction of sp³-hybridized carbons (Fsp3) is 0.324. The molecule has 3 heterocycles. The molecule has 0 radical (unpaired) electrons. The van der Waals surface area contributed by atoms with Crippen LogP contribution in [0.4, 0.5) is 15.9 Å². The molecule has 5 rings (SSSR count). The van der Waals surface area contributed by atoms with Crippen molar-refractivity contribution in [1.29, 1.82) is 0 Å². The molecule has 1 aliphatic rings. The molecule has 0 saturated carbocycles. The summed E-state index contributed by atoms with van der Waals surface area (Å²) in [5, 5.41) is 22.2. The summed E-state index contributed by atoms with van der Waals surface area (Å²) in [5.74, 6) is 0.435. The predicted molar refractivity (Wildman–Crippen MR) is 181 cm³/mol. The Morgan fingerprint density at radius 1 is 0.978 bits per heavy atom. The average Bonchev–Trinajstić information content (AvgIpc) is 3.49. The molecule has 1 amide bonds. The Morgan fingerprint density at radius 3 is 2.54 bits per heavy atom. The summed E-state index contributed by atoms with van der Waals surface area (Å²) in [6, 6.07) is 14.9. The fourth-order valence-electron chi connectivity index (χ4n) is 5.44. The number of carbonyl (C=O) groups is 1. The number of hydrogen-bond acceptors (Lipinski definition) is 8. The zero-order valence-electron chi connectivity index (χ0n) is 25.5. The molecular weight excluding hydrogens is 630 g/mol. The second-order valence-electron chi connectivity index (χ2n) is 11.0. The van der Waals surface area contributed by atoms with Crippen LogP contribution in [0, 0.1) is 5.82 Å².